The second kappa shape index (κ2) is 7.38. The standard InChI is InChI=1S/C15H28N2O3S/c1-14(2,3)11(12(18)19)17-13(20)16-10-15(21-4)8-6-5-7-9-15/h11H,5-10H2,1-4H3,(H,18,19)(H2,16,17,20)/t11-/m1/s1. The highest BCUT2D eigenvalue weighted by atomic mass is 32.2. The summed E-state index contributed by atoms with van der Waals surface area (Å²) in [7, 11) is 0. The number of carboxylic acid groups (broad SMARTS) is 1. The van der Waals surface area contributed by atoms with Gasteiger partial charge in [-0.3, -0.25) is 0 Å². The quantitative estimate of drug-likeness (QED) is 0.729. The molecule has 6 heteroatoms. The molecule has 0 aromatic heterocycles. The SMILES string of the molecule is CSC1(CNC(=O)N[C@H](C(=O)O)C(C)(C)C)CCCCC1. The van der Waals surface area contributed by atoms with Crippen molar-refractivity contribution in [2.24, 2.45) is 5.41 Å². The molecule has 1 rings (SSSR count). The zero-order valence-electron chi connectivity index (χ0n) is 13.5. The molecular formula is C15H28N2O3S. The minimum Gasteiger partial charge on any atom is -0.480 e. The van der Waals surface area contributed by atoms with Crippen LogP contribution in [0.2, 0.25) is 0 Å². The summed E-state index contributed by atoms with van der Waals surface area (Å²) in [6.45, 7) is 6.00. The average Bonchev–Trinajstić information content (AvgIpc) is 2.42. The maximum absolute atomic E-state index is 12.0. The van der Waals surface area contributed by atoms with Gasteiger partial charge in [-0.2, -0.15) is 11.8 Å². The molecule has 0 saturated heterocycles. The van der Waals surface area contributed by atoms with E-state index in [-0.39, 0.29) is 4.75 Å². The first kappa shape index (κ1) is 18.1. The van der Waals surface area contributed by atoms with Gasteiger partial charge in [-0.1, -0.05) is 40.0 Å². The molecule has 2 amide bonds. The number of aliphatic carboxylic acids is 1. The molecule has 0 spiro atoms. The topological polar surface area (TPSA) is 78.4 Å². The summed E-state index contributed by atoms with van der Waals surface area (Å²) in [5.41, 5.74) is -0.523. The van der Waals surface area contributed by atoms with Crippen LogP contribution in [0.5, 0.6) is 0 Å². The number of carboxylic acids is 1. The fourth-order valence-corrected chi connectivity index (χ4v) is 3.63. The van der Waals surface area contributed by atoms with Crippen LogP contribution in [0.25, 0.3) is 0 Å². The highest BCUT2D eigenvalue weighted by Crippen LogP contribution is 2.37. The fourth-order valence-electron chi connectivity index (χ4n) is 2.72. The Morgan fingerprint density at radius 1 is 1.24 bits per heavy atom. The Labute approximate surface area is 131 Å². The Balaban J connectivity index is 2.54. The van der Waals surface area contributed by atoms with E-state index < -0.39 is 23.5 Å². The average molecular weight is 316 g/mol. The molecule has 3 N–H and O–H groups in total. The van der Waals surface area contributed by atoms with Gasteiger partial charge in [0.1, 0.15) is 6.04 Å². The molecule has 0 heterocycles. The third-order valence-corrected chi connectivity index (χ3v) is 5.58. The number of nitrogens with one attached hydrogen (secondary N) is 2. The van der Waals surface area contributed by atoms with Crippen LogP contribution in [0.1, 0.15) is 52.9 Å². The van der Waals surface area contributed by atoms with Crippen LogP contribution in [-0.2, 0) is 4.79 Å². The molecule has 0 aromatic rings. The van der Waals surface area contributed by atoms with E-state index in [0.29, 0.717) is 6.54 Å². The highest BCUT2D eigenvalue weighted by Gasteiger charge is 2.34. The minimum absolute atomic E-state index is 0.107. The van der Waals surface area contributed by atoms with Gasteiger partial charge in [-0.05, 0) is 24.5 Å². The highest BCUT2D eigenvalue weighted by molar-refractivity contribution is 8.00. The Kier molecular flexibility index (Phi) is 6.38. The van der Waals surface area contributed by atoms with Gasteiger partial charge in [0.2, 0.25) is 0 Å². The number of rotatable bonds is 5. The Morgan fingerprint density at radius 3 is 2.24 bits per heavy atom. The number of urea groups is 1. The van der Waals surface area contributed by atoms with E-state index in [9.17, 15) is 14.7 Å². The van der Waals surface area contributed by atoms with Gasteiger partial charge < -0.3 is 15.7 Å². The predicted molar refractivity (Wildman–Crippen MR) is 86.7 cm³/mol. The third kappa shape index (κ3) is 5.41. The van der Waals surface area contributed by atoms with Crippen molar-refractivity contribution in [3.63, 3.8) is 0 Å². The summed E-state index contributed by atoms with van der Waals surface area (Å²) in [5.74, 6) is -1.00. The lowest BCUT2D eigenvalue weighted by atomic mass is 9.87. The van der Waals surface area contributed by atoms with Crippen LogP contribution in [0, 0.1) is 5.41 Å². The van der Waals surface area contributed by atoms with Crippen LogP contribution >= 0.6 is 11.8 Å². The normalized spacial score (nSPS) is 19.6. The summed E-state index contributed by atoms with van der Waals surface area (Å²) in [5, 5.41) is 14.7. The second-order valence-electron chi connectivity index (χ2n) is 6.91. The second-order valence-corrected chi connectivity index (χ2v) is 8.19. The summed E-state index contributed by atoms with van der Waals surface area (Å²) >= 11 is 1.81. The van der Waals surface area contributed by atoms with E-state index >= 15 is 0 Å². The lowest BCUT2D eigenvalue weighted by Gasteiger charge is -2.36. The molecule has 5 nitrogen and oxygen atoms in total. The number of hydrogen-bond donors (Lipinski definition) is 3. The monoisotopic (exact) mass is 316 g/mol. The molecule has 122 valence electrons. The largest absolute Gasteiger partial charge is 0.480 e. The molecule has 0 bridgehead atoms. The van der Waals surface area contributed by atoms with E-state index in [1.165, 1.54) is 19.3 Å². The first-order valence-corrected chi connectivity index (χ1v) is 8.75. The van der Waals surface area contributed by atoms with E-state index in [1.807, 2.05) is 11.8 Å². The first-order chi connectivity index (χ1) is 9.70. The Morgan fingerprint density at radius 2 is 1.81 bits per heavy atom. The molecule has 21 heavy (non-hydrogen) atoms. The van der Waals surface area contributed by atoms with Gasteiger partial charge in [0.25, 0.3) is 0 Å². The van der Waals surface area contributed by atoms with Crippen LogP contribution in [0.4, 0.5) is 4.79 Å². The van der Waals surface area contributed by atoms with E-state index in [0.717, 1.165) is 12.8 Å². The van der Waals surface area contributed by atoms with Crippen molar-refractivity contribution in [3.8, 4) is 0 Å². The zero-order valence-corrected chi connectivity index (χ0v) is 14.3. The molecule has 1 saturated carbocycles. The van der Waals surface area contributed by atoms with Crippen molar-refractivity contribution in [2.45, 2.75) is 63.7 Å². The van der Waals surface area contributed by atoms with Crippen LogP contribution < -0.4 is 10.6 Å². The van der Waals surface area contributed by atoms with Crippen molar-refractivity contribution >= 4 is 23.8 Å². The van der Waals surface area contributed by atoms with Gasteiger partial charge in [0, 0.05) is 11.3 Å². The molecule has 1 fully saturated rings. The van der Waals surface area contributed by atoms with Gasteiger partial charge in [-0.25, -0.2) is 9.59 Å². The van der Waals surface area contributed by atoms with E-state index in [1.54, 1.807) is 20.8 Å². The maximum Gasteiger partial charge on any atom is 0.326 e. The number of carbonyl (C=O) groups excluding carboxylic acids is 1. The van der Waals surface area contributed by atoms with Gasteiger partial charge in [0.15, 0.2) is 0 Å². The maximum atomic E-state index is 12.0. The van der Waals surface area contributed by atoms with E-state index in [4.69, 9.17) is 0 Å². The summed E-state index contributed by atoms with van der Waals surface area (Å²) < 4.78 is 0.107. The molecule has 1 aliphatic carbocycles. The molecule has 1 atom stereocenters. The van der Waals surface area contributed by atoms with Crippen LogP contribution in [-0.4, -0.2) is 40.7 Å². The first-order valence-electron chi connectivity index (χ1n) is 7.52. The molecule has 0 unspecified atom stereocenters. The lowest BCUT2D eigenvalue weighted by molar-refractivity contribution is -0.141. The summed E-state index contributed by atoms with van der Waals surface area (Å²) in [4.78, 5) is 23.3. The zero-order chi connectivity index (χ0) is 16.1. The third-order valence-electron chi connectivity index (χ3n) is 4.16. The molecule has 1 aliphatic rings. The van der Waals surface area contributed by atoms with Crippen LogP contribution in [0.3, 0.4) is 0 Å². The van der Waals surface area contributed by atoms with Crippen molar-refractivity contribution < 1.29 is 14.7 Å². The van der Waals surface area contributed by atoms with Gasteiger partial charge in [0.05, 0.1) is 0 Å². The van der Waals surface area contributed by atoms with Crippen LogP contribution in [0.15, 0.2) is 0 Å². The fraction of sp³-hybridized carbons (Fsp3) is 0.867. The minimum atomic E-state index is -1.00. The number of amides is 2. The van der Waals surface area contributed by atoms with Gasteiger partial charge in [-0.15, -0.1) is 0 Å². The number of thioether (sulfide) groups is 1. The lowest BCUT2D eigenvalue weighted by Crippen LogP contribution is -2.54. The van der Waals surface area contributed by atoms with Crippen molar-refractivity contribution in [3.05, 3.63) is 0 Å². The molecular weight excluding hydrogens is 288 g/mol. The van der Waals surface area contributed by atoms with E-state index in [2.05, 4.69) is 16.9 Å². The molecule has 0 radical (unpaired) electrons. The number of carbonyl (C=O) groups is 2. The van der Waals surface area contributed by atoms with Crippen molar-refractivity contribution in [1.29, 1.82) is 0 Å². The molecule has 0 aliphatic heterocycles. The summed E-state index contributed by atoms with van der Waals surface area (Å²) in [6, 6.07) is -1.29. The Bertz CT molecular complexity index is 374. The summed E-state index contributed by atoms with van der Waals surface area (Å²) in [6.07, 6.45) is 7.96. The van der Waals surface area contributed by atoms with Crippen molar-refractivity contribution in [1.82, 2.24) is 10.6 Å². The molecule has 0 aromatic carbocycles. The Hall–Kier alpha value is -0.910. The van der Waals surface area contributed by atoms with Crippen molar-refractivity contribution in [2.75, 3.05) is 12.8 Å². The van der Waals surface area contributed by atoms with Gasteiger partial charge >= 0.3 is 12.0 Å². The predicted octanol–water partition coefficient (Wildman–Crippen LogP) is 2.85. The number of hydrogen-bond acceptors (Lipinski definition) is 3. The smallest absolute Gasteiger partial charge is 0.326 e.